The van der Waals surface area contributed by atoms with Crippen molar-refractivity contribution in [3.8, 4) is 0 Å². The molecule has 0 aromatic heterocycles. The molecule has 118 valence electrons. The number of methoxy groups -OCH3 is 1. The second-order valence-corrected chi connectivity index (χ2v) is 5.80. The second kappa shape index (κ2) is 7.99. The lowest BCUT2D eigenvalue weighted by molar-refractivity contribution is -0.141. The maximum Gasteiger partial charge on any atom is 0.307 e. The topological polar surface area (TPSA) is 55.4 Å². The monoisotopic (exact) mass is 321 g/mol. The molecular weight excluding hydrogens is 302 g/mol. The summed E-state index contributed by atoms with van der Waals surface area (Å²) in [7, 11) is 1.33. The van der Waals surface area contributed by atoms with Crippen molar-refractivity contribution < 1.29 is 14.3 Å². The van der Waals surface area contributed by atoms with Gasteiger partial charge in [0.1, 0.15) is 0 Å². The Labute approximate surface area is 135 Å². The summed E-state index contributed by atoms with van der Waals surface area (Å²) in [5, 5.41) is 3.43. The van der Waals surface area contributed by atoms with E-state index in [9.17, 15) is 9.59 Å². The van der Waals surface area contributed by atoms with Crippen LogP contribution in [0, 0.1) is 5.92 Å². The Balaban J connectivity index is 2.07. The zero-order valence-corrected chi connectivity index (χ0v) is 13.3. The van der Waals surface area contributed by atoms with Crippen LogP contribution in [0.2, 0.25) is 5.02 Å². The van der Waals surface area contributed by atoms with Gasteiger partial charge in [-0.1, -0.05) is 42.0 Å². The molecule has 5 heteroatoms. The van der Waals surface area contributed by atoms with Crippen molar-refractivity contribution in [3.05, 3.63) is 47.0 Å². The molecule has 2 rings (SSSR count). The molecule has 2 atom stereocenters. The fourth-order valence-corrected chi connectivity index (χ4v) is 2.87. The van der Waals surface area contributed by atoms with Gasteiger partial charge in [0.15, 0.2) is 0 Å². The Kier molecular flexibility index (Phi) is 6.01. The summed E-state index contributed by atoms with van der Waals surface area (Å²) in [5.41, 5.74) is 0.727. The third-order valence-corrected chi connectivity index (χ3v) is 4.12. The summed E-state index contributed by atoms with van der Waals surface area (Å²) in [6.07, 6.45) is 6.68. The molecular formula is C17H20ClNO3. The van der Waals surface area contributed by atoms with Gasteiger partial charge in [-0.2, -0.15) is 0 Å². The molecule has 0 unspecified atom stereocenters. The molecule has 0 spiro atoms. The minimum atomic E-state index is -0.473. The minimum absolute atomic E-state index is 0.0620. The number of carbonyl (C=O) groups excluding carboxylic acids is 2. The van der Waals surface area contributed by atoms with Crippen molar-refractivity contribution in [3.63, 3.8) is 0 Å². The Morgan fingerprint density at radius 2 is 2.18 bits per heavy atom. The molecule has 0 saturated carbocycles. The number of hydrogen-bond acceptors (Lipinski definition) is 3. The van der Waals surface area contributed by atoms with Crippen LogP contribution in [-0.4, -0.2) is 19.0 Å². The Morgan fingerprint density at radius 3 is 2.82 bits per heavy atom. The molecule has 1 aromatic carbocycles. The predicted octanol–water partition coefficient (Wildman–Crippen LogP) is 3.42. The number of esters is 1. The highest BCUT2D eigenvalue weighted by molar-refractivity contribution is 6.31. The summed E-state index contributed by atoms with van der Waals surface area (Å²) in [5.74, 6) is -0.179. The first-order valence-corrected chi connectivity index (χ1v) is 7.75. The summed E-state index contributed by atoms with van der Waals surface area (Å²) in [6.45, 7) is 0. The van der Waals surface area contributed by atoms with Gasteiger partial charge in [-0.05, 0) is 30.4 Å². The van der Waals surface area contributed by atoms with Gasteiger partial charge >= 0.3 is 5.97 Å². The molecule has 1 aromatic rings. The minimum Gasteiger partial charge on any atom is -0.469 e. The molecule has 22 heavy (non-hydrogen) atoms. The lowest BCUT2D eigenvalue weighted by atomic mass is 10.0. The molecule has 0 saturated heterocycles. The van der Waals surface area contributed by atoms with Crippen LogP contribution in [0.3, 0.4) is 0 Å². The number of nitrogens with one attached hydrogen (secondary N) is 1. The number of hydrogen-bond donors (Lipinski definition) is 1. The molecule has 1 N–H and O–H groups in total. The van der Waals surface area contributed by atoms with Crippen molar-refractivity contribution in [2.75, 3.05) is 7.11 Å². The normalized spacial score (nSPS) is 18.0. The van der Waals surface area contributed by atoms with Crippen LogP contribution in [-0.2, 0) is 14.3 Å². The summed E-state index contributed by atoms with van der Waals surface area (Å²) in [6, 6.07) is 6.72. The van der Waals surface area contributed by atoms with E-state index in [-0.39, 0.29) is 24.2 Å². The van der Waals surface area contributed by atoms with Crippen molar-refractivity contribution in [1.82, 2.24) is 5.32 Å². The molecule has 0 bridgehead atoms. The number of rotatable bonds is 6. The van der Waals surface area contributed by atoms with Gasteiger partial charge in [0.05, 0.1) is 19.6 Å². The summed E-state index contributed by atoms with van der Waals surface area (Å²) < 4.78 is 4.71. The Hall–Kier alpha value is -1.81. The van der Waals surface area contributed by atoms with E-state index < -0.39 is 6.04 Å². The SMILES string of the molecule is COC(=O)C[C@H](NC(=O)C[C@H]1C=CCC1)c1ccccc1Cl. The van der Waals surface area contributed by atoms with Crippen LogP contribution < -0.4 is 5.32 Å². The number of benzene rings is 1. The van der Waals surface area contributed by atoms with Crippen LogP contribution in [0.15, 0.2) is 36.4 Å². The van der Waals surface area contributed by atoms with E-state index in [1.165, 1.54) is 7.11 Å². The van der Waals surface area contributed by atoms with Gasteiger partial charge in [0.2, 0.25) is 5.91 Å². The lowest BCUT2D eigenvalue weighted by Gasteiger charge is -2.20. The summed E-state index contributed by atoms with van der Waals surface area (Å²) in [4.78, 5) is 23.8. The van der Waals surface area contributed by atoms with Gasteiger partial charge < -0.3 is 10.1 Å². The standard InChI is InChI=1S/C17H20ClNO3/c1-22-17(21)11-15(13-8-4-5-9-14(13)18)19-16(20)10-12-6-2-3-7-12/h2,4-6,8-9,12,15H,3,7,10-11H2,1H3,(H,19,20)/t12-,15-/m0/s1. The molecule has 0 aliphatic heterocycles. The van der Waals surface area contributed by atoms with E-state index in [1.54, 1.807) is 6.07 Å². The van der Waals surface area contributed by atoms with Crippen LogP contribution in [0.5, 0.6) is 0 Å². The predicted molar refractivity (Wildman–Crippen MR) is 85.4 cm³/mol. The van der Waals surface area contributed by atoms with E-state index >= 15 is 0 Å². The first kappa shape index (κ1) is 16.6. The van der Waals surface area contributed by atoms with Crippen molar-refractivity contribution >= 4 is 23.5 Å². The van der Waals surface area contributed by atoms with E-state index in [1.807, 2.05) is 18.2 Å². The van der Waals surface area contributed by atoms with Gasteiger partial charge in [-0.15, -0.1) is 0 Å². The molecule has 1 aliphatic carbocycles. The first-order chi connectivity index (χ1) is 10.6. The first-order valence-electron chi connectivity index (χ1n) is 7.37. The third-order valence-electron chi connectivity index (χ3n) is 3.77. The van der Waals surface area contributed by atoms with Crippen molar-refractivity contribution in [2.24, 2.45) is 5.92 Å². The van der Waals surface area contributed by atoms with Crippen LogP contribution >= 0.6 is 11.6 Å². The Bertz CT molecular complexity index is 571. The van der Waals surface area contributed by atoms with Crippen molar-refractivity contribution in [2.45, 2.75) is 31.7 Å². The summed E-state index contributed by atoms with van der Waals surface area (Å²) >= 11 is 6.18. The number of amides is 1. The highest BCUT2D eigenvalue weighted by Gasteiger charge is 2.22. The molecule has 1 aliphatic rings. The average molecular weight is 322 g/mol. The highest BCUT2D eigenvalue weighted by Crippen LogP contribution is 2.26. The van der Waals surface area contributed by atoms with E-state index in [0.29, 0.717) is 11.4 Å². The van der Waals surface area contributed by atoms with E-state index in [4.69, 9.17) is 16.3 Å². The quantitative estimate of drug-likeness (QED) is 0.645. The van der Waals surface area contributed by atoms with E-state index in [2.05, 4.69) is 17.5 Å². The number of carbonyl (C=O) groups is 2. The number of allylic oxidation sites excluding steroid dienone is 2. The zero-order valence-electron chi connectivity index (χ0n) is 12.5. The van der Waals surface area contributed by atoms with Crippen LogP contribution in [0.4, 0.5) is 0 Å². The fourth-order valence-electron chi connectivity index (χ4n) is 2.60. The fraction of sp³-hybridized carbons (Fsp3) is 0.412. The number of halogens is 1. The number of ether oxygens (including phenoxy) is 1. The zero-order chi connectivity index (χ0) is 15.9. The van der Waals surface area contributed by atoms with Gasteiger partial charge in [0.25, 0.3) is 0 Å². The van der Waals surface area contributed by atoms with Gasteiger partial charge in [-0.25, -0.2) is 0 Å². The molecule has 1 amide bonds. The molecule has 0 heterocycles. The average Bonchev–Trinajstić information content (AvgIpc) is 2.99. The Morgan fingerprint density at radius 1 is 1.41 bits per heavy atom. The highest BCUT2D eigenvalue weighted by atomic mass is 35.5. The van der Waals surface area contributed by atoms with Gasteiger partial charge in [-0.3, -0.25) is 9.59 Å². The van der Waals surface area contributed by atoms with Crippen LogP contribution in [0.25, 0.3) is 0 Å². The maximum atomic E-state index is 12.2. The van der Waals surface area contributed by atoms with Gasteiger partial charge in [0, 0.05) is 11.4 Å². The molecule has 0 fully saturated rings. The molecule has 0 radical (unpaired) electrons. The third kappa shape index (κ3) is 4.60. The van der Waals surface area contributed by atoms with E-state index in [0.717, 1.165) is 18.4 Å². The largest absolute Gasteiger partial charge is 0.469 e. The van der Waals surface area contributed by atoms with Crippen molar-refractivity contribution in [1.29, 1.82) is 0 Å². The smallest absolute Gasteiger partial charge is 0.307 e. The van der Waals surface area contributed by atoms with Crippen LogP contribution in [0.1, 0.15) is 37.3 Å². The lowest BCUT2D eigenvalue weighted by Crippen LogP contribution is -2.31. The molecule has 4 nitrogen and oxygen atoms in total. The second-order valence-electron chi connectivity index (χ2n) is 5.39. The maximum absolute atomic E-state index is 12.2.